The normalized spacial score (nSPS) is 10.5. The number of amides is 2. The van der Waals surface area contributed by atoms with Crippen LogP contribution < -0.4 is 5.32 Å². The Labute approximate surface area is 151 Å². The summed E-state index contributed by atoms with van der Waals surface area (Å²) in [4.78, 5) is 30.4. The van der Waals surface area contributed by atoms with E-state index in [4.69, 9.17) is 4.42 Å². The number of aromatic nitrogens is 2. The molecule has 0 saturated heterocycles. The van der Waals surface area contributed by atoms with Crippen LogP contribution in [0, 0.1) is 6.92 Å². The number of likely N-dealkylation sites (N-methyl/N-ethyl adjacent to an activating group) is 1. The number of rotatable bonds is 6. The Morgan fingerprint density at radius 1 is 1.31 bits per heavy atom. The van der Waals surface area contributed by atoms with Crippen molar-refractivity contribution in [2.45, 2.75) is 13.5 Å². The first-order chi connectivity index (χ1) is 12.5. The topological polar surface area (TPSA) is 80.4 Å². The van der Waals surface area contributed by atoms with Crippen molar-refractivity contribution in [3.63, 3.8) is 0 Å². The number of carbonyl (C=O) groups is 2. The molecule has 2 aromatic heterocycles. The van der Waals surface area contributed by atoms with Gasteiger partial charge in [-0.25, -0.2) is 4.98 Å². The summed E-state index contributed by atoms with van der Waals surface area (Å²) in [5.41, 5.74) is 1.96. The van der Waals surface area contributed by atoms with Crippen molar-refractivity contribution in [2.75, 3.05) is 18.9 Å². The summed E-state index contributed by atoms with van der Waals surface area (Å²) in [6, 6.07) is 8.50. The summed E-state index contributed by atoms with van der Waals surface area (Å²) in [7, 11) is 1.75. The van der Waals surface area contributed by atoms with E-state index in [-0.39, 0.29) is 17.6 Å². The maximum absolute atomic E-state index is 12.7. The molecule has 1 aromatic carbocycles. The van der Waals surface area contributed by atoms with Crippen LogP contribution in [0.1, 0.15) is 26.5 Å². The summed E-state index contributed by atoms with van der Waals surface area (Å²) in [6.45, 7) is 3.09. The lowest BCUT2D eigenvalue weighted by molar-refractivity contribution is 0.0790. The number of carbonyl (C=O) groups excluding carboxylic acids is 2. The van der Waals surface area contributed by atoms with Crippen LogP contribution in [0.5, 0.6) is 0 Å². The van der Waals surface area contributed by atoms with Crippen molar-refractivity contribution < 1.29 is 14.0 Å². The van der Waals surface area contributed by atoms with Gasteiger partial charge in [0.25, 0.3) is 11.8 Å². The average Bonchev–Trinajstić information content (AvgIpc) is 3.34. The summed E-state index contributed by atoms with van der Waals surface area (Å²) >= 11 is 0. The van der Waals surface area contributed by atoms with Crippen LogP contribution in [0.2, 0.25) is 0 Å². The first-order valence-corrected chi connectivity index (χ1v) is 8.21. The molecule has 0 saturated carbocycles. The Morgan fingerprint density at radius 3 is 2.85 bits per heavy atom. The number of nitrogens with zero attached hydrogens (tertiary/aromatic N) is 3. The van der Waals surface area contributed by atoms with Crippen LogP contribution >= 0.6 is 0 Å². The number of imidazole rings is 1. The summed E-state index contributed by atoms with van der Waals surface area (Å²) < 4.78 is 7.01. The lowest BCUT2D eigenvalue weighted by atomic mass is 10.1. The number of aryl methyl sites for hydroxylation is 1. The Balaban J connectivity index is 1.69. The molecule has 0 fully saturated rings. The molecular weight excluding hydrogens is 332 g/mol. The molecule has 0 atom stereocenters. The van der Waals surface area contributed by atoms with Crippen molar-refractivity contribution in [2.24, 2.45) is 0 Å². The molecule has 1 N–H and O–H groups in total. The van der Waals surface area contributed by atoms with Gasteiger partial charge in [0.2, 0.25) is 0 Å². The van der Waals surface area contributed by atoms with Crippen molar-refractivity contribution >= 4 is 17.5 Å². The Bertz CT molecular complexity index is 886. The number of furan rings is 1. The van der Waals surface area contributed by atoms with Crippen LogP contribution in [0.15, 0.2) is 59.7 Å². The number of benzene rings is 1. The molecule has 0 radical (unpaired) electrons. The van der Waals surface area contributed by atoms with Crippen molar-refractivity contribution in [3.05, 3.63) is 72.2 Å². The zero-order valence-electron chi connectivity index (χ0n) is 14.7. The molecule has 7 nitrogen and oxygen atoms in total. The van der Waals surface area contributed by atoms with E-state index >= 15 is 0 Å². The first kappa shape index (κ1) is 17.5. The van der Waals surface area contributed by atoms with Gasteiger partial charge in [-0.05, 0) is 36.8 Å². The predicted octanol–water partition coefficient (Wildman–Crippen LogP) is 2.81. The molecular formula is C19H20N4O3. The van der Waals surface area contributed by atoms with Crippen molar-refractivity contribution in [1.29, 1.82) is 0 Å². The highest BCUT2D eigenvalue weighted by Gasteiger charge is 2.15. The van der Waals surface area contributed by atoms with E-state index in [0.717, 1.165) is 5.56 Å². The Morgan fingerprint density at radius 2 is 2.15 bits per heavy atom. The average molecular weight is 352 g/mol. The monoisotopic (exact) mass is 352 g/mol. The highest BCUT2D eigenvalue weighted by molar-refractivity contribution is 6.03. The third-order valence-electron chi connectivity index (χ3n) is 4.08. The second kappa shape index (κ2) is 7.69. The van der Waals surface area contributed by atoms with Gasteiger partial charge in [0.05, 0.1) is 12.6 Å². The zero-order chi connectivity index (χ0) is 18.5. The molecule has 3 aromatic rings. The van der Waals surface area contributed by atoms with Gasteiger partial charge in [-0.15, -0.1) is 0 Å². The zero-order valence-corrected chi connectivity index (χ0v) is 14.7. The first-order valence-electron chi connectivity index (χ1n) is 8.21. The molecule has 134 valence electrons. The van der Waals surface area contributed by atoms with E-state index in [0.29, 0.717) is 24.3 Å². The second-order valence-electron chi connectivity index (χ2n) is 5.99. The molecule has 0 aliphatic rings. The van der Waals surface area contributed by atoms with Gasteiger partial charge in [-0.1, -0.05) is 6.07 Å². The highest BCUT2D eigenvalue weighted by atomic mass is 16.3. The fourth-order valence-electron chi connectivity index (χ4n) is 2.49. The minimum Gasteiger partial charge on any atom is -0.459 e. The van der Waals surface area contributed by atoms with E-state index in [1.165, 1.54) is 6.26 Å². The minimum absolute atomic E-state index is 0.112. The molecule has 0 unspecified atom stereocenters. The van der Waals surface area contributed by atoms with Crippen LogP contribution in [0.25, 0.3) is 0 Å². The van der Waals surface area contributed by atoms with Gasteiger partial charge in [0.15, 0.2) is 5.76 Å². The molecule has 0 spiro atoms. The summed E-state index contributed by atoms with van der Waals surface area (Å²) in [5, 5.41) is 2.79. The van der Waals surface area contributed by atoms with Crippen molar-refractivity contribution in [1.82, 2.24) is 14.5 Å². The van der Waals surface area contributed by atoms with Crippen LogP contribution in [0.4, 0.5) is 5.69 Å². The molecule has 0 aliphatic heterocycles. The maximum atomic E-state index is 12.7. The quantitative estimate of drug-likeness (QED) is 0.740. The largest absolute Gasteiger partial charge is 0.459 e. The van der Waals surface area contributed by atoms with E-state index in [1.54, 1.807) is 48.7 Å². The van der Waals surface area contributed by atoms with Crippen LogP contribution in [-0.2, 0) is 6.54 Å². The SMILES string of the molecule is Cc1ccc(C(=O)N(C)CCn2ccnc2)cc1NC(=O)c1ccco1. The molecule has 3 rings (SSSR count). The van der Waals surface area contributed by atoms with Gasteiger partial charge in [0, 0.05) is 43.8 Å². The molecule has 2 heterocycles. The smallest absolute Gasteiger partial charge is 0.291 e. The van der Waals surface area contributed by atoms with E-state index in [1.807, 2.05) is 23.8 Å². The molecule has 0 bridgehead atoms. The van der Waals surface area contributed by atoms with Gasteiger partial charge in [-0.2, -0.15) is 0 Å². The highest BCUT2D eigenvalue weighted by Crippen LogP contribution is 2.19. The lowest BCUT2D eigenvalue weighted by Crippen LogP contribution is -2.30. The van der Waals surface area contributed by atoms with Crippen LogP contribution in [0.3, 0.4) is 0 Å². The molecule has 7 heteroatoms. The van der Waals surface area contributed by atoms with Gasteiger partial charge < -0.3 is 19.2 Å². The summed E-state index contributed by atoms with van der Waals surface area (Å²) in [5.74, 6) is -0.242. The lowest BCUT2D eigenvalue weighted by Gasteiger charge is -2.18. The number of hydrogen-bond donors (Lipinski definition) is 1. The molecule has 2 amide bonds. The Kier molecular flexibility index (Phi) is 5.17. The van der Waals surface area contributed by atoms with E-state index in [2.05, 4.69) is 10.3 Å². The van der Waals surface area contributed by atoms with Gasteiger partial charge in [0.1, 0.15) is 0 Å². The standard InChI is InChI=1S/C19H20N4O3/c1-14-5-6-15(12-16(14)21-18(24)17-4-3-11-26-17)19(25)22(2)9-10-23-8-7-20-13-23/h3-8,11-13H,9-10H2,1-2H3,(H,21,24). The predicted molar refractivity (Wildman–Crippen MR) is 97.0 cm³/mol. The Hall–Kier alpha value is -3.35. The second-order valence-corrected chi connectivity index (χ2v) is 5.99. The number of nitrogens with one attached hydrogen (secondary N) is 1. The third kappa shape index (κ3) is 4.00. The van der Waals surface area contributed by atoms with E-state index < -0.39 is 0 Å². The molecule has 26 heavy (non-hydrogen) atoms. The summed E-state index contributed by atoms with van der Waals surface area (Å²) in [6.07, 6.45) is 6.71. The number of anilines is 1. The number of hydrogen-bond acceptors (Lipinski definition) is 4. The van der Waals surface area contributed by atoms with Crippen LogP contribution in [-0.4, -0.2) is 39.9 Å². The van der Waals surface area contributed by atoms with E-state index in [9.17, 15) is 9.59 Å². The van der Waals surface area contributed by atoms with Gasteiger partial charge in [-0.3, -0.25) is 9.59 Å². The van der Waals surface area contributed by atoms with Gasteiger partial charge >= 0.3 is 0 Å². The third-order valence-corrected chi connectivity index (χ3v) is 4.08. The fraction of sp³-hybridized carbons (Fsp3) is 0.211. The fourth-order valence-corrected chi connectivity index (χ4v) is 2.49. The van der Waals surface area contributed by atoms with Crippen molar-refractivity contribution in [3.8, 4) is 0 Å². The molecule has 0 aliphatic carbocycles. The minimum atomic E-state index is -0.351. The maximum Gasteiger partial charge on any atom is 0.291 e.